The summed E-state index contributed by atoms with van der Waals surface area (Å²) in [5.74, 6) is -0.533. The van der Waals surface area contributed by atoms with Gasteiger partial charge in [-0.2, -0.15) is 0 Å². The summed E-state index contributed by atoms with van der Waals surface area (Å²) >= 11 is 0. The van der Waals surface area contributed by atoms with Crippen molar-refractivity contribution in [1.29, 1.82) is 0 Å². The van der Waals surface area contributed by atoms with E-state index in [0.717, 1.165) is 18.2 Å². The van der Waals surface area contributed by atoms with Crippen molar-refractivity contribution in [2.24, 2.45) is 0 Å². The topological polar surface area (TPSA) is 85.6 Å². The third-order valence-corrected chi connectivity index (χ3v) is 3.12. The van der Waals surface area contributed by atoms with Gasteiger partial charge < -0.3 is 20.6 Å². The SMILES string of the molecule is OC[C@H](O)[C@@H](O)c1cnc(C2=CCNCC2)c(F)c1. The van der Waals surface area contributed by atoms with Gasteiger partial charge in [0.25, 0.3) is 0 Å². The molecule has 0 saturated carbocycles. The second kappa shape index (κ2) is 6.21. The van der Waals surface area contributed by atoms with Gasteiger partial charge in [0.15, 0.2) is 0 Å². The van der Waals surface area contributed by atoms with E-state index >= 15 is 0 Å². The predicted octanol–water partition coefficient (Wildman–Crippen LogP) is -0.0160. The van der Waals surface area contributed by atoms with E-state index in [4.69, 9.17) is 5.11 Å². The van der Waals surface area contributed by atoms with Gasteiger partial charge in [0.2, 0.25) is 0 Å². The summed E-state index contributed by atoms with van der Waals surface area (Å²) in [6.45, 7) is 0.867. The molecular weight excluding hydrogens is 251 g/mol. The van der Waals surface area contributed by atoms with Gasteiger partial charge >= 0.3 is 0 Å². The zero-order chi connectivity index (χ0) is 13.8. The molecule has 0 aromatic carbocycles. The van der Waals surface area contributed by atoms with E-state index in [1.807, 2.05) is 6.08 Å². The summed E-state index contributed by atoms with van der Waals surface area (Å²) in [7, 11) is 0. The minimum atomic E-state index is -1.34. The fourth-order valence-electron chi connectivity index (χ4n) is 2.01. The van der Waals surface area contributed by atoms with Crippen molar-refractivity contribution >= 4 is 5.57 Å². The highest BCUT2D eigenvalue weighted by Crippen LogP contribution is 2.24. The maximum Gasteiger partial charge on any atom is 0.149 e. The van der Waals surface area contributed by atoms with Crippen LogP contribution in [-0.2, 0) is 0 Å². The molecule has 2 rings (SSSR count). The molecule has 0 spiro atoms. The van der Waals surface area contributed by atoms with Crippen molar-refractivity contribution in [3.05, 3.63) is 35.4 Å². The third kappa shape index (κ3) is 3.16. The van der Waals surface area contributed by atoms with Crippen LogP contribution in [0.2, 0.25) is 0 Å². The molecule has 104 valence electrons. The molecule has 2 heterocycles. The number of aliphatic hydroxyl groups excluding tert-OH is 3. The second-order valence-corrected chi connectivity index (χ2v) is 4.48. The zero-order valence-electron chi connectivity index (χ0n) is 10.4. The smallest absolute Gasteiger partial charge is 0.149 e. The molecule has 0 bridgehead atoms. The molecule has 2 atom stereocenters. The number of halogens is 1. The van der Waals surface area contributed by atoms with Gasteiger partial charge in [-0.25, -0.2) is 4.39 Å². The normalized spacial score (nSPS) is 18.8. The lowest BCUT2D eigenvalue weighted by molar-refractivity contribution is -0.0155. The van der Waals surface area contributed by atoms with E-state index in [1.165, 1.54) is 6.20 Å². The van der Waals surface area contributed by atoms with Gasteiger partial charge in [-0.3, -0.25) is 4.98 Å². The summed E-state index contributed by atoms with van der Waals surface area (Å²) < 4.78 is 14.0. The lowest BCUT2D eigenvalue weighted by atomic mass is 10.0. The highest BCUT2D eigenvalue weighted by molar-refractivity contribution is 5.64. The second-order valence-electron chi connectivity index (χ2n) is 4.48. The number of rotatable bonds is 4. The van der Waals surface area contributed by atoms with E-state index < -0.39 is 24.6 Å². The Bertz CT molecular complexity index is 479. The number of hydrogen-bond acceptors (Lipinski definition) is 5. The molecule has 1 aliphatic rings. The molecule has 6 heteroatoms. The molecule has 19 heavy (non-hydrogen) atoms. The summed E-state index contributed by atoms with van der Waals surface area (Å²) in [5.41, 5.74) is 1.26. The first-order chi connectivity index (χ1) is 9.13. The fraction of sp³-hybridized carbons (Fsp3) is 0.462. The number of aliphatic hydroxyl groups is 3. The first-order valence-electron chi connectivity index (χ1n) is 6.16. The first kappa shape index (κ1) is 14.1. The van der Waals surface area contributed by atoms with Crippen LogP contribution >= 0.6 is 0 Å². The molecule has 0 radical (unpaired) electrons. The molecule has 0 fully saturated rings. The Balaban J connectivity index is 2.24. The van der Waals surface area contributed by atoms with Crippen LogP contribution in [0.1, 0.15) is 23.8 Å². The summed E-state index contributed by atoms with van der Waals surface area (Å²) in [6, 6.07) is 1.15. The Morgan fingerprint density at radius 3 is 2.79 bits per heavy atom. The van der Waals surface area contributed by atoms with Crippen molar-refractivity contribution in [2.75, 3.05) is 19.7 Å². The highest BCUT2D eigenvalue weighted by atomic mass is 19.1. The molecule has 1 aromatic heterocycles. The average molecular weight is 268 g/mol. The van der Waals surface area contributed by atoms with Crippen LogP contribution in [0.25, 0.3) is 5.57 Å². The summed E-state index contributed by atoms with van der Waals surface area (Å²) in [5, 5.41) is 30.9. The van der Waals surface area contributed by atoms with E-state index in [0.29, 0.717) is 13.0 Å². The predicted molar refractivity (Wildman–Crippen MR) is 67.7 cm³/mol. The third-order valence-electron chi connectivity index (χ3n) is 3.12. The van der Waals surface area contributed by atoms with Gasteiger partial charge in [0, 0.05) is 18.3 Å². The Hall–Kier alpha value is -1.34. The van der Waals surface area contributed by atoms with Gasteiger partial charge in [-0.1, -0.05) is 6.08 Å². The average Bonchev–Trinajstić information content (AvgIpc) is 2.46. The number of hydrogen-bond donors (Lipinski definition) is 4. The number of nitrogens with zero attached hydrogens (tertiary/aromatic N) is 1. The highest BCUT2D eigenvalue weighted by Gasteiger charge is 2.20. The van der Waals surface area contributed by atoms with Crippen molar-refractivity contribution in [1.82, 2.24) is 10.3 Å². The first-order valence-corrected chi connectivity index (χ1v) is 6.16. The minimum Gasteiger partial charge on any atom is -0.394 e. The van der Waals surface area contributed by atoms with Crippen molar-refractivity contribution in [3.8, 4) is 0 Å². The van der Waals surface area contributed by atoms with Crippen LogP contribution in [-0.4, -0.2) is 46.1 Å². The fourth-order valence-corrected chi connectivity index (χ4v) is 2.01. The van der Waals surface area contributed by atoms with Gasteiger partial charge in [-0.15, -0.1) is 0 Å². The van der Waals surface area contributed by atoms with E-state index in [9.17, 15) is 14.6 Å². The molecule has 1 aromatic rings. The minimum absolute atomic E-state index is 0.150. The molecule has 1 aliphatic heterocycles. The van der Waals surface area contributed by atoms with Gasteiger partial charge in [0.1, 0.15) is 23.7 Å². The molecular formula is C13H17FN2O3. The number of aromatic nitrogens is 1. The Morgan fingerprint density at radius 2 is 2.21 bits per heavy atom. The van der Waals surface area contributed by atoms with E-state index in [2.05, 4.69) is 10.3 Å². The maximum absolute atomic E-state index is 14.0. The molecule has 0 amide bonds. The number of pyridine rings is 1. The molecule has 0 unspecified atom stereocenters. The molecule has 5 nitrogen and oxygen atoms in total. The Labute approximate surface area is 110 Å². The maximum atomic E-state index is 14.0. The van der Waals surface area contributed by atoms with E-state index in [1.54, 1.807) is 0 Å². The standard InChI is InChI=1S/C13H17FN2O3/c14-10-5-9(13(19)11(18)7-17)6-16-12(10)8-1-3-15-4-2-8/h1,5-6,11,13,15,17-19H,2-4,7H2/t11-,13-/m0/s1. The Kier molecular flexibility index (Phi) is 4.60. The van der Waals surface area contributed by atoms with E-state index in [-0.39, 0.29) is 11.3 Å². The van der Waals surface area contributed by atoms with Crippen molar-refractivity contribution in [3.63, 3.8) is 0 Å². The van der Waals surface area contributed by atoms with Gasteiger partial charge in [-0.05, 0) is 24.6 Å². The van der Waals surface area contributed by atoms with Crippen LogP contribution in [0.4, 0.5) is 4.39 Å². The monoisotopic (exact) mass is 268 g/mol. The Morgan fingerprint density at radius 1 is 1.42 bits per heavy atom. The van der Waals surface area contributed by atoms with Crippen LogP contribution in [0.3, 0.4) is 0 Å². The summed E-state index contributed by atoms with van der Waals surface area (Å²) in [6.07, 6.45) is 1.22. The summed E-state index contributed by atoms with van der Waals surface area (Å²) in [4.78, 5) is 4.02. The van der Waals surface area contributed by atoms with Crippen LogP contribution in [0, 0.1) is 5.82 Å². The van der Waals surface area contributed by atoms with Crippen LogP contribution in [0.5, 0.6) is 0 Å². The van der Waals surface area contributed by atoms with Crippen molar-refractivity contribution in [2.45, 2.75) is 18.6 Å². The van der Waals surface area contributed by atoms with Gasteiger partial charge in [0.05, 0.1) is 6.61 Å². The largest absolute Gasteiger partial charge is 0.394 e. The quantitative estimate of drug-likeness (QED) is 0.617. The van der Waals surface area contributed by atoms with Crippen molar-refractivity contribution < 1.29 is 19.7 Å². The lowest BCUT2D eigenvalue weighted by Gasteiger charge is -2.18. The lowest BCUT2D eigenvalue weighted by Crippen LogP contribution is -2.23. The van der Waals surface area contributed by atoms with Crippen LogP contribution < -0.4 is 5.32 Å². The molecule has 4 N–H and O–H groups in total. The zero-order valence-corrected chi connectivity index (χ0v) is 10.4. The molecule has 0 saturated heterocycles. The molecule has 0 aliphatic carbocycles. The van der Waals surface area contributed by atoms with Crippen LogP contribution in [0.15, 0.2) is 18.3 Å². The number of nitrogens with one attached hydrogen (secondary N) is 1.